The monoisotopic (exact) mass is 240 g/mol. The zero-order valence-corrected chi connectivity index (χ0v) is 10.5. The maximum atomic E-state index is 13.5. The number of benzene rings is 1. The molecule has 17 heavy (non-hydrogen) atoms. The van der Waals surface area contributed by atoms with Gasteiger partial charge in [0.05, 0.1) is 12.5 Å². The Bertz CT molecular complexity index is 439. The van der Waals surface area contributed by atoms with Crippen molar-refractivity contribution < 1.29 is 19.0 Å². The fourth-order valence-electron chi connectivity index (χ4n) is 1.66. The molecule has 0 bridgehead atoms. The van der Waals surface area contributed by atoms with Gasteiger partial charge >= 0.3 is 5.97 Å². The summed E-state index contributed by atoms with van der Waals surface area (Å²) in [5.74, 6) is -1.24. The Hall–Kier alpha value is -1.58. The van der Waals surface area contributed by atoms with E-state index in [0.29, 0.717) is 5.56 Å². The Morgan fingerprint density at radius 3 is 2.53 bits per heavy atom. The molecular formula is C13H17FO3. The number of halogens is 1. The number of aryl methyl sites for hydroxylation is 1. The van der Waals surface area contributed by atoms with E-state index in [1.807, 2.05) is 6.92 Å². The first-order chi connectivity index (χ1) is 7.79. The SMILES string of the molecule is COc1c(F)ccc(C)c1CC(C)(C)C(=O)O. The summed E-state index contributed by atoms with van der Waals surface area (Å²) in [7, 11) is 1.38. The molecule has 0 saturated heterocycles. The van der Waals surface area contributed by atoms with Gasteiger partial charge in [-0.15, -0.1) is 0 Å². The van der Waals surface area contributed by atoms with Crippen molar-refractivity contribution in [2.75, 3.05) is 7.11 Å². The average Bonchev–Trinajstić information content (AvgIpc) is 2.23. The third-order valence-electron chi connectivity index (χ3n) is 2.85. The Labute approximate surface area is 100 Å². The molecule has 0 aliphatic rings. The second-order valence-corrected chi connectivity index (χ2v) is 4.74. The molecule has 0 fully saturated rings. The van der Waals surface area contributed by atoms with Crippen LogP contribution in [0.1, 0.15) is 25.0 Å². The molecule has 0 atom stereocenters. The largest absolute Gasteiger partial charge is 0.493 e. The van der Waals surface area contributed by atoms with Crippen molar-refractivity contribution in [3.63, 3.8) is 0 Å². The molecule has 0 radical (unpaired) electrons. The van der Waals surface area contributed by atoms with Crippen LogP contribution in [0.5, 0.6) is 5.75 Å². The van der Waals surface area contributed by atoms with E-state index < -0.39 is 17.2 Å². The van der Waals surface area contributed by atoms with Gasteiger partial charge < -0.3 is 9.84 Å². The highest BCUT2D eigenvalue weighted by Gasteiger charge is 2.30. The molecule has 0 amide bonds. The van der Waals surface area contributed by atoms with E-state index in [9.17, 15) is 9.18 Å². The molecule has 0 spiro atoms. The smallest absolute Gasteiger partial charge is 0.309 e. The second-order valence-electron chi connectivity index (χ2n) is 4.74. The summed E-state index contributed by atoms with van der Waals surface area (Å²) in [6.07, 6.45) is 0.231. The standard InChI is InChI=1S/C13H17FO3/c1-8-5-6-10(14)11(17-4)9(8)7-13(2,3)12(15)16/h5-6H,7H2,1-4H3,(H,15,16). The molecule has 0 heterocycles. The lowest BCUT2D eigenvalue weighted by molar-refractivity contribution is -0.146. The van der Waals surface area contributed by atoms with E-state index in [1.54, 1.807) is 19.9 Å². The number of methoxy groups -OCH3 is 1. The van der Waals surface area contributed by atoms with Gasteiger partial charge in [-0.1, -0.05) is 6.07 Å². The predicted octanol–water partition coefficient (Wildman–Crippen LogP) is 2.80. The first-order valence-corrected chi connectivity index (χ1v) is 5.35. The summed E-state index contributed by atoms with van der Waals surface area (Å²) in [5, 5.41) is 9.09. The molecule has 1 aromatic rings. The molecule has 0 aromatic heterocycles. The van der Waals surface area contributed by atoms with Gasteiger partial charge in [0.2, 0.25) is 0 Å². The van der Waals surface area contributed by atoms with Crippen LogP contribution in [0.15, 0.2) is 12.1 Å². The minimum Gasteiger partial charge on any atom is -0.493 e. The van der Waals surface area contributed by atoms with Gasteiger partial charge in [-0.25, -0.2) is 4.39 Å². The van der Waals surface area contributed by atoms with E-state index >= 15 is 0 Å². The highest BCUT2D eigenvalue weighted by atomic mass is 19.1. The second kappa shape index (κ2) is 4.73. The van der Waals surface area contributed by atoms with Crippen molar-refractivity contribution in [3.05, 3.63) is 29.1 Å². The lowest BCUT2D eigenvalue weighted by Gasteiger charge is -2.22. The van der Waals surface area contributed by atoms with Crippen LogP contribution in [-0.4, -0.2) is 18.2 Å². The van der Waals surface area contributed by atoms with E-state index in [4.69, 9.17) is 9.84 Å². The Kier molecular flexibility index (Phi) is 3.76. The Morgan fingerprint density at radius 2 is 2.06 bits per heavy atom. The molecule has 0 unspecified atom stereocenters. The van der Waals surface area contributed by atoms with Crippen LogP contribution < -0.4 is 4.74 Å². The van der Waals surface area contributed by atoms with Gasteiger partial charge in [-0.3, -0.25) is 4.79 Å². The van der Waals surface area contributed by atoms with E-state index in [2.05, 4.69) is 0 Å². The summed E-state index contributed by atoms with van der Waals surface area (Å²) in [6, 6.07) is 2.95. The summed E-state index contributed by atoms with van der Waals surface area (Å²) in [6.45, 7) is 5.04. The zero-order valence-electron chi connectivity index (χ0n) is 10.5. The highest BCUT2D eigenvalue weighted by molar-refractivity contribution is 5.74. The molecule has 94 valence electrons. The van der Waals surface area contributed by atoms with Crippen molar-refractivity contribution >= 4 is 5.97 Å². The first-order valence-electron chi connectivity index (χ1n) is 5.35. The Balaban J connectivity index is 3.22. The van der Waals surface area contributed by atoms with Gasteiger partial charge in [-0.05, 0) is 38.8 Å². The normalized spacial score (nSPS) is 11.4. The number of aliphatic carboxylic acids is 1. The lowest BCUT2D eigenvalue weighted by Crippen LogP contribution is -2.26. The zero-order chi connectivity index (χ0) is 13.2. The number of ether oxygens (including phenoxy) is 1. The fourth-order valence-corrected chi connectivity index (χ4v) is 1.66. The van der Waals surface area contributed by atoms with Crippen LogP contribution in [-0.2, 0) is 11.2 Å². The van der Waals surface area contributed by atoms with Gasteiger partial charge in [0.15, 0.2) is 11.6 Å². The summed E-state index contributed by atoms with van der Waals surface area (Å²) in [4.78, 5) is 11.1. The Morgan fingerprint density at radius 1 is 1.47 bits per heavy atom. The van der Waals surface area contributed by atoms with Gasteiger partial charge in [0.25, 0.3) is 0 Å². The van der Waals surface area contributed by atoms with Crippen LogP contribution in [0.25, 0.3) is 0 Å². The van der Waals surface area contributed by atoms with Gasteiger partial charge in [0, 0.05) is 5.56 Å². The van der Waals surface area contributed by atoms with Crippen LogP contribution in [0.2, 0.25) is 0 Å². The molecule has 0 aliphatic carbocycles. The van der Waals surface area contributed by atoms with Gasteiger partial charge in [-0.2, -0.15) is 0 Å². The average molecular weight is 240 g/mol. The molecule has 0 aliphatic heterocycles. The van der Waals surface area contributed by atoms with Crippen molar-refractivity contribution in [1.82, 2.24) is 0 Å². The minimum absolute atomic E-state index is 0.138. The fraction of sp³-hybridized carbons (Fsp3) is 0.462. The maximum absolute atomic E-state index is 13.5. The van der Waals surface area contributed by atoms with E-state index in [1.165, 1.54) is 13.2 Å². The van der Waals surface area contributed by atoms with E-state index in [-0.39, 0.29) is 12.2 Å². The van der Waals surface area contributed by atoms with Gasteiger partial charge in [0.1, 0.15) is 0 Å². The minimum atomic E-state index is -0.953. The molecule has 1 N–H and O–H groups in total. The highest BCUT2D eigenvalue weighted by Crippen LogP contribution is 2.32. The quantitative estimate of drug-likeness (QED) is 0.880. The van der Waals surface area contributed by atoms with E-state index in [0.717, 1.165) is 5.56 Å². The van der Waals surface area contributed by atoms with Crippen LogP contribution in [0.4, 0.5) is 4.39 Å². The summed E-state index contributed by atoms with van der Waals surface area (Å²) < 4.78 is 18.5. The lowest BCUT2D eigenvalue weighted by atomic mass is 9.84. The molecule has 3 nitrogen and oxygen atoms in total. The van der Waals surface area contributed by atoms with Crippen LogP contribution in [0.3, 0.4) is 0 Å². The van der Waals surface area contributed by atoms with Crippen LogP contribution >= 0.6 is 0 Å². The maximum Gasteiger partial charge on any atom is 0.309 e. The number of hydrogen-bond donors (Lipinski definition) is 1. The van der Waals surface area contributed by atoms with Crippen molar-refractivity contribution in [2.24, 2.45) is 5.41 Å². The van der Waals surface area contributed by atoms with Crippen LogP contribution in [0, 0.1) is 18.2 Å². The number of carbonyl (C=O) groups is 1. The number of carboxylic acids is 1. The molecular weight excluding hydrogens is 223 g/mol. The first kappa shape index (κ1) is 13.5. The predicted molar refractivity (Wildman–Crippen MR) is 62.8 cm³/mol. The summed E-state index contributed by atoms with van der Waals surface area (Å²) in [5.41, 5.74) is 0.490. The molecule has 4 heteroatoms. The van der Waals surface area contributed by atoms with Crippen molar-refractivity contribution in [1.29, 1.82) is 0 Å². The number of carboxylic acid groups (broad SMARTS) is 1. The summed E-state index contributed by atoms with van der Waals surface area (Å²) >= 11 is 0. The van der Waals surface area contributed by atoms with Crippen molar-refractivity contribution in [3.8, 4) is 5.75 Å². The van der Waals surface area contributed by atoms with Crippen molar-refractivity contribution in [2.45, 2.75) is 27.2 Å². The third-order valence-corrected chi connectivity index (χ3v) is 2.85. The number of hydrogen-bond acceptors (Lipinski definition) is 2. The molecule has 1 aromatic carbocycles. The third kappa shape index (κ3) is 2.75. The topological polar surface area (TPSA) is 46.5 Å². The molecule has 1 rings (SSSR count). The number of rotatable bonds is 4. The molecule has 0 saturated carbocycles.